The van der Waals surface area contributed by atoms with Crippen LogP contribution >= 0.6 is 0 Å². The van der Waals surface area contributed by atoms with E-state index in [1.165, 1.54) is 25.2 Å². The van der Waals surface area contributed by atoms with Gasteiger partial charge in [-0.05, 0) is 49.2 Å². The van der Waals surface area contributed by atoms with E-state index in [0.717, 1.165) is 40.5 Å². The summed E-state index contributed by atoms with van der Waals surface area (Å²) in [5, 5.41) is 3.52. The number of allylic oxidation sites excluding steroid dienone is 2. The van der Waals surface area contributed by atoms with Crippen LogP contribution in [0.2, 0.25) is 0 Å². The molecule has 316 valence electrons. The molecule has 1 N–H and O–H groups in total. The molecule has 5 aliphatic rings. The molecule has 7 rings (SSSR count). The number of ether oxygens (including phenoxy) is 7. The van der Waals surface area contributed by atoms with E-state index in [1.54, 1.807) is 25.1 Å². The number of benzene rings is 2. The van der Waals surface area contributed by atoms with Crippen LogP contribution in [0.3, 0.4) is 0 Å². The van der Waals surface area contributed by atoms with Crippen molar-refractivity contribution in [1.29, 1.82) is 0 Å². The molecule has 1 fully saturated rings. The number of hydrogen-bond acceptors (Lipinski definition) is 17. The number of nitrogens with one attached hydrogen (secondary N) is 1. The fourth-order valence-corrected chi connectivity index (χ4v) is 5.73. The number of nitrogens with zero attached hydrogens (tertiary/aromatic N) is 2. The van der Waals surface area contributed by atoms with Crippen molar-refractivity contribution in [2.75, 3.05) is 27.8 Å². The van der Waals surface area contributed by atoms with Crippen LogP contribution in [0.5, 0.6) is 23.0 Å². The molecular formula is C40H45N3O16. The van der Waals surface area contributed by atoms with Crippen molar-refractivity contribution in [3.05, 3.63) is 82.7 Å². The van der Waals surface area contributed by atoms with Crippen LogP contribution in [-0.2, 0) is 70.5 Å². The van der Waals surface area contributed by atoms with Crippen LogP contribution in [-0.4, -0.2) is 85.3 Å². The van der Waals surface area contributed by atoms with E-state index in [1.807, 2.05) is 25.1 Å². The minimum atomic E-state index is -1.17. The third kappa shape index (κ3) is 11.7. The second-order valence-corrected chi connectivity index (χ2v) is 12.4. The lowest BCUT2D eigenvalue weighted by Crippen LogP contribution is -2.34. The average Bonchev–Trinajstić information content (AvgIpc) is 4.03. The molecule has 0 bridgehead atoms. The van der Waals surface area contributed by atoms with Crippen molar-refractivity contribution < 1.29 is 76.4 Å². The number of amides is 3. The van der Waals surface area contributed by atoms with E-state index in [0.29, 0.717) is 28.8 Å². The maximum Gasteiger partial charge on any atom is 0.338 e. The number of methoxy groups -OCH3 is 2. The molecule has 0 aliphatic carbocycles. The fourth-order valence-electron chi connectivity index (χ4n) is 5.73. The third-order valence-corrected chi connectivity index (χ3v) is 8.56. The van der Waals surface area contributed by atoms with Crippen LogP contribution in [0.25, 0.3) is 0 Å². The van der Waals surface area contributed by atoms with E-state index in [2.05, 4.69) is 14.8 Å². The number of hydroxylamine groups is 2. The number of fused-ring (bicyclic) bond motifs is 2. The zero-order valence-electron chi connectivity index (χ0n) is 31.1. The van der Waals surface area contributed by atoms with Gasteiger partial charge in [0, 0.05) is 49.0 Å². The predicted molar refractivity (Wildman–Crippen MR) is 202 cm³/mol. The lowest BCUT2D eigenvalue weighted by molar-refractivity contribution is -0.198. The van der Waals surface area contributed by atoms with Crippen molar-refractivity contribution in [1.82, 2.24) is 15.3 Å². The van der Waals surface area contributed by atoms with Gasteiger partial charge in [0.25, 0.3) is 11.8 Å². The lowest BCUT2D eigenvalue weighted by Gasteiger charge is -2.19. The van der Waals surface area contributed by atoms with Gasteiger partial charge in [-0.1, -0.05) is 27.0 Å². The Bertz CT molecular complexity index is 2060. The Kier molecular flexibility index (Phi) is 16.3. The minimum Gasteiger partial charge on any atom is -0.466 e. The van der Waals surface area contributed by atoms with E-state index >= 15 is 0 Å². The molecule has 2 aromatic rings. The van der Waals surface area contributed by atoms with Gasteiger partial charge in [-0.2, -0.15) is 0 Å². The highest BCUT2D eigenvalue weighted by Gasteiger charge is 2.44. The molecule has 19 nitrogen and oxygen atoms in total. The third-order valence-electron chi connectivity index (χ3n) is 8.56. The second kappa shape index (κ2) is 20.8. The molecule has 1 unspecified atom stereocenters. The number of carbonyl (C=O) groups is 8. The largest absolute Gasteiger partial charge is 0.466 e. The fraction of sp³-hybridized carbons (Fsp3) is 0.350. The number of cyclic esters (lactones) is 2. The van der Waals surface area contributed by atoms with Gasteiger partial charge in [-0.15, -0.1) is 5.06 Å². The summed E-state index contributed by atoms with van der Waals surface area (Å²) in [4.78, 5) is 98.4. The van der Waals surface area contributed by atoms with Crippen LogP contribution in [0.1, 0.15) is 59.1 Å². The highest BCUT2D eigenvalue weighted by atomic mass is 16.7. The first-order chi connectivity index (χ1) is 27.3. The first kappa shape index (κ1) is 46.2. The molecule has 0 radical (unpaired) electrons. The van der Waals surface area contributed by atoms with Gasteiger partial charge in [0.15, 0.2) is 23.0 Å². The summed E-state index contributed by atoms with van der Waals surface area (Å²) in [6.07, 6.45) is 2.95. The van der Waals surface area contributed by atoms with Gasteiger partial charge < -0.3 is 48.2 Å². The first-order valence-corrected chi connectivity index (χ1v) is 17.2. The Hall–Kier alpha value is -7.18. The smallest absolute Gasteiger partial charge is 0.338 e. The van der Waals surface area contributed by atoms with Crippen LogP contribution in [0, 0.1) is 5.92 Å². The molecule has 0 aromatic heterocycles. The predicted octanol–water partition coefficient (Wildman–Crippen LogP) is 3.30. The molecule has 1 saturated heterocycles. The molecule has 19 heteroatoms. The quantitative estimate of drug-likeness (QED) is 0.119. The molecule has 2 aromatic carbocycles. The maximum atomic E-state index is 13.2. The Balaban J connectivity index is 0.000000289. The lowest BCUT2D eigenvalue weighted by atomic mass is 9.97. The highest BCUT2D eigenvalue weighted by Crippen LogP contribution is 2.37. The Labute approximate surface area is 339 Å². The molecule has 5 aliphatic heterocycles. The normalized spacial score (nSPS) is 16.9. The second-order valence-electron chi connectivity index (χ2n) is 12.4. The maximum absolute atomic E-state index is 13.2. The van der Waals surface area contributed by atoms with E-state index in [4.69, 9.17) is 28.5 Å². The van der Waals surface area contributed by atoms with Crippen LogP contribution in [0.4, 0.5) is 0 Å². The number of imide groups is 1. The monoisotopic (exact) mass is 823 g/mol. The minimum absolute atomic E-state index is 0. The van der Waals surface area contributed by atoms with Crippen molar-refractivity contribution >= 4 is 47.6 Å². The molecule has 3 amide bonds. The Morgan fingerprint density at radius 3 is 1.86 bits per heavy atom. The number of rotatable bonds is 10. The standard InChI is InChI=1S/C21H20N2O9.C13H15NO4.C4H2O3.2CH4/c1-11-19(21(28)29-2)13(8-18(26)32-23-16(24)5-6-17(23)25)20(27)22(11)9-12-3-4-14-15(7-12)31-10-30-14;1-9(5-13(15)16-2)14-7-10-3-4-11-12(6-10)18-8-17-11;5-3-1-2-4(6)7-3;;/h3-4,7,13H,5-6,8-10H2,1-2H3;3-6,14H,7-8H2,1-2H3;1-2H;2*1H4/b;9-5-;;;. The van der Waals surface area contributed by atoms with Crippen LogP contribution < -0.4 is 24.3 Å². The zero-order chi connectivity index (χ0) is 41.2. The van der Waals surface area contributed by atoms with Gasteiger partial charge >= 0.3 is 29.8 Å². The summed E-state index contributed by atoms with van der Waals surface area (Å²) in [5.74, 6) is -3.55. The van der Waals surface area contributed by atoms with Gasteiger partial charge in [0.05, 0.1) is 38.7 Å². The molecule has 59 heavy (non-hydrogen) atoms. The van der Waals surface area contributed by atoms with E-state index in [-0.39, 0.29) is 59.4 Å². The Morgan fingerprint density at radius 1 is 0.797 bits per heavy atom. The van der Waals surface area contributed by atoms with Crippen LogP contribution in [0.15, 0.2) is 71.6 Å². The Morgan fingerprint density at radius 2 is 1.34 bits per heavy atom. The van der Waals surface area contributed by atoms with E-state index in [9.17, 15) is 38.4 Å². The summed E-state index contributed by atoms with van der Waals surface area (Å²) in [7, 11) is 2.52. The number of esters is 4. The SMILES string of the molecule is C.C.COC(=O)/C=C(/C)NCc1ccc2c(c1)OCO2.COC(=O)C1=C(C)N(Cc2ccc3c(c2)OCO3)C(=O)C1CC(=O)ON1C(=O)CCC1=O.O=C1C=CC(=O)O1. The molecule has 1 atom stereocenters. The molecule has 0 spiro atoms. The number of hydrogen-bond donors (Lipinski definition) is 1. The van der Waals surface area contributed by atoms with Gasteiger partial charge in [0.2, 0.25) is 19.5 Å². The van der Waals surface area contributed by atoms with Crippen molar-refractivity contribution in [3.8, 4) is 23.0 Å². The number of carbonyl (C=O) groups excluding carboxylic acids is 8. The summed E-state index contributed by atoms with van der Waals surface area (Å²) < 4.78 is 34.5. The highest BCUT2D eigenvalue weighted by molar-refractivity contribution is 6.05. The van der Waals surface area contributed by atoms with Gasteiger partial charge in [-0.3, -0.25) is 14.4 Å². The van der Waals surface area contributed by atoms with Gasteiger partial charge in [-0.25, -0.2) is 24.0 Å². The van der Waals surface area contributed by atoms with E-state index < -0.39 is 53.9 Å². The average molecular weight is 824 g/mol. The summed E-state index contributed by atoms with van der Waals surface area (Å²) in [5.41, 5.74) is 2.89. The topological polar surface area (TPSA) is 229 Å². The summed E-state index contributed by atoms with van der Waals surface area (Å²) >= 11 is 0. The molecule has 0 saturated carbocycles. The van der Waals surface area contributed by atoms with Crippen molar-refractivity contribution in [2.24, 2.45) is 5.92 Å². The molecular weight excluding hydrogens is 778 g/mol. The molecule has 5 heterocycles. The van der Waals surface area contributed by atoms with Gasteiger partial charge in [0.1, 0.15) is 0 Å². The van der Waals surface area contributed by atoms with Crippen molar-refractivity contribution in [3.63, 3.8) is 0 Å². The van der Waals surface area contributed by atoms with Crippen molar-refractivity contribution in [2.45, 2.75) is 61.1 Å². The first-order valence-electron chi connectivity index (χ1n) is 17.2. The summed E-state index contributed by atoms with van der Waals surface area (Å²) in [6.45, 7) is 4.50. The summed E-state index contributed by atoms with van der Waals surface area (Å²) in [6, 6.07) is 11.0. The zero-order valence-corrected chi connectivity index (χ0v) is 31.1.